The van der Waals surface area contributed by atoms with E-state index in [4.69, 9.17) is 9.47 Å². The van der Waals surface area contributed by atoms with Crippen molar-refractivity contribution in [1.82, 2.24) is 15.0 Å². The number of benzene rings is 2. The van der Waals surface area contributed by atoms with Crippen LogP contribution in [0, 0.1) is 0 Å². The molecule has 0 aliphatic heterocycles. The van der Waals surface area contributed by atoms with Gasteiger partial charge in [-0.2, -0.15) is 0 Å². The molecular formula is C18H17N3O4. The van der Waals surface area contributed by atoms with Gasteiger partial charge in [0, 0.05) is 5.56 Å². The van der Waals surface area contributed by atoms with E-state index in [1.807, 2.05) is 6.92 Å². The van der Waals surface area contributed by atoms with Gasteiger partial charge in [0.15, 0.2) is 5.69 Å². The van der Waals surface area contributed by atoms with Gasteiger partial charge in [0.05, 0.1) is 19.4 Å². The van der Waals surface area contributed by atoms with E-state index in [-0.39, 0.29) is 5.69 Å². The number of aromatic nitrogens is 3. The smallest absolute Gasteiger partial charge is 0.358 e. The number of nitrogens with zero attached hydrogens (tertiary/aromatic N) is 3. The summed E-state index contributed by atoms with van der Waals surface area (Å²) < 4.78 is 12.2. The highest BCUT2D eigenvalue weighted by atomic mass is 16.5. The highest BCUT2D eigenvalue weighted by molar-refractivity contribution is 5.93. The summed E-state index contributed by atoms with van der Waals surface area (Å²) in [4.78, 5) is 11.6. The number of carbonyl (C=O) groups is 1. The Morgan fingerprint density at radius 1 is 1.16 bits per heavy atom. The van der Waals surface area contributed by atoms with Crippen molar-refractivity contribution >= 4 is 5.97 Å². The standard InChI is InChI=1S/C18H17N3O4/c1-3-25-14-9-7-13(8-10-14)21-17(16(18(22)23)19-20-21)12-5-4-6-15(11-12)24-2/h4-11H,3H2,1-2H3,(H,22,23). The first kappa shape index (κ1) is 16.5. The summed E-state index contributed by atoms with van der Waals surface area (Å²) in [7, 11) is 1.55. The summed E-state index contributed by atoms with van der Waals surface area (Å²) in [6, 6.07) is 14.3. The number of rotatable bonds is 6. The van der Waals surface area contributed by atoms with Gasteiger partial charge in [0.1, 0.15) is 17.2 Å². The van der Waals surface area contributed by atoms with Gasteiger partial charge in [0.25, 0.3) is 0 Å². The van der Waals surface area contributed by atoms with Crippen LogP contribution >= 0.6 is 0 Å². The van der Waals surface area contributed by atoms with Crippen molar-refractivity contribution in [3.63, 3.8) is 0 Å². The number of carboxylic acids is 1. The minimum Gasteiger partial charge on any atom is -0.497 e. The largest absolute Gasteiger partial charge is 0.497 e. The average molecular weight is 339 g/mol. The molecule has 0 saturated heterocycles. The molecule has 3 rings (SSSR count). The molecule has 1 N–H and O–H groups in total. The topological polar surface area (TPSA) is 86.5 Å². The Balaban J connectivity index is 2.12. The van der Waals surface area contributed by atoms with Crippen molar-refractivity contribution in [2.24, 2.45) is 0 Å². The molecule has 3 aromatic rings. The molecule has 0 amide bonds. The number of carboxylic acid groups (broad SMARTS) is 1. The van der Waals surface area contributed by atoms with Crippen LogP contribution in [-0.2, 0) is 0 Å². The van der Waals surface area contributed by atoms with Gasteiger partial charge in [-0.3, -0.25) is 0 Å². The van der Waals surface area contributed by atoms with Gasteiger partial charge in [0.2, 0.25) is 0 Å². The molecule has 2 aromatic carbocycles. The molecule has 25 heavy (non-hydrogen) atoms. The van der Waals surface area contributed by atoms with Gasteiger partial charge >= 0.3 is 5.97 Å². The fourth-order valence-electron chi connectivity index (χ4n) is 2.49. The molecule has 7 nitrogen and oxygen atoms in total. The highest BCUT2D eigenvalue weighted by Gasteiger charge is 2.22. The molecule has 0 fully saturated rings. The third-order valence-electron chi connectivity index (χ3n) is 3.61. The summed E-state index contributed by atoms with van der Waals surface area (Å²) in [5.41, 5.74) is 1.59. The Bertz CT molecular complexity index is 888. The quantitative estimate of drug-likeness (QED) is 0.743. The van der Waals surface area contributed by atoms with E-state index in [1.54, 1.807) is 55.6 Å². The van der Waals surface area contributed by atoms with Crippen molar-refractivity contribution in [2.75, 3.05) is 13.7 Å². The summed E-state index contributed by atoms with van der Waals surface area (Å²) in [6.45, 7) is 2.48. The maximum absolute atomic E-state index is 11.6. The Morgan fingerprint density at radius 3 is 2.56 bits per heavy atom. The van der Waals surface area contributed by atoms with Gasteiger partial charge in [-0.25, -0.2) is 9.48 Å². The lowest BCUT2D eigenvalue weighted by molar-refractivity contribution is 0.0691. The lowest BCUT2D eigenvalue weighted by atomic mass is 10.1. The minimum atomic E-state index is -1.14. The zero-order valence-corrected chi connectivity index (χ0v) is 13.8. The Kier molecular flexibility index (Phi) is 4.65. The highest BCUT2D eigenvalue weighted by Crippen LogP contribution is 2.28. The molecule has 1 aromatic heterocycles. The third kappa shape index (κ3) is 3.30. The zero-order valence-electron chi connectivity index (χ0n) is 13.8. The maximum atomic E-state index is 11.6. The number of hydrogen-bond donors (Lipinski definition) is 1. The molecule has 0 spiro atoms. The Hall–Kier alpha value is -3.35. The summed E-state index contributed by atoms with van der Waals surface area (Å²) >= 11 is 0. The van der Waals surface area contributed by atoms with Crippen LogP contribution in [0.2, 0.25) is 0 Å². The molecule has 7 heteroatoms. The molecule has 0 aliphatic carbocycles. The van der Waals surface area contributed by atoms with Crippen molar-refractivity contribution in [2.45, 2.75) is 6.92 Å². The van der Waals surface area contributed by atoms with E-state index in [1.165, 1.54) is 4.68 Å². The van der Waals surface area contributed by atoms with E-state index >= 15 is 0 Å². The Labute approximate surface area is 144 Å². The van der Waals surface area contributed by atoms with E-state index < -0.39 is 5.97 Å². The first-order valence-electron chi connectivity index (χ1n) is 7.70. The maximum Gasteiger partial charge on any atom is 0.358 e. The Morgan fingerprint density at radius 2 is 1.92 bits per heavy atom. The number of methoxy groups -OCH3 is 1. The average Bonchev–Trinajstić information content (AvgIpc) is 3.08. The number of aromatic carboxylic acids is 1. The van der Waals surface area contributed by atoms with Crippen molar-refractivity contribution in [3.8, 4) is 28.4 Å². The van der Waals surface area contributed by atoms with Crippen LogP contribution in [0.4, 0.5) is 0 Å². The SMILES string of the molecule is CCOc1ccc(-n2nnc(C(=O)O)c2-c2cccc(OC)c2)cc1. The minimum absolute atomic E-state index is 0.123. The third-order valence-corrected chi connectivity index (χ3v) is 3.61. The van der Waals surface area contributed by atoms with Crippen molar-refractivity contribution in [1.29, 1.82) is 0 Å². The number of ether oxygens (including phenoxy) is 2. The van der Waals surface area contributed by atoms with Crippen LogP contribution in [-0.4, -0.2) is 39.8 Å². The molecule has 1 heterocycles. The van der Waals surface area contributed by atoms with Crippen LogP contribution in [0.25, 0.3) is 16.9 Å². The molecule has 0 unspecified atom stereocenters. The van der Waals surface area contributed by atoms with Gasteiger partial charge < -0.3 is 14.6 Å². The first-order valence-corrected chi connectivity index (χ1v) is 7.70. The predicted octanol–water partition coefficient (Wildman–Crippen LogP) is 3.04. The molecule has 0 atom stereocenters. The lowest BCUT2D eigenvalue weighted by Gasteiger charge is -2.09. The van der Waals surface area contributed by atoms with Crippen LogP contribution in [0.1, 0.15) is 17.4 Å². The summed E-state index contributed by atoms with van der Waals surface area (Å²) in [5.74, 6) is 0.205. The van der Waals surface area contributed by atoms with Crippen molar-refractivity contribution in [3.05, 3.63) is 54.2 Å². The molecule has 128 valence electrons. The molecular weight excluding hydrogens is 322 g/mol. The molecule has 0 aliphatic rings. The van der Waals surface area contributed by atoms with E-state index in [9.17, 15) is 9.90 Å². The zero-order chi connectivity index (χ0) is 17.8. The molecule has 0 saturated carbocycles. The van der Waals surface area contributed by atoms with Crippen LogP contribution in [0.15, 0.2) is 48.5 Å². The van der Waals surface area contributed by atoms with Gasteiger partial charge in [-0.1, -0.05) is 17.3 Å². The van der Waals surface area contributed by atoms with E-state index in [0.717, 1.165) is 5.75 Å². The second kappa shape index (κ2) is 7.04. The fourth-order valence-corrected chi connectivity index (χ4v) is 2.49. The van der Waals surface area contributed by atoms with Crippen LogP contribution in [0.3, 0.4) is 0 Å². The van der Waals surface area contributed by atoms with E-state index in [2.05, 4.69) is 10.3 Å². The predicted molar refractivity (Wildman–Crippen MR) is 91.5 cm³/mol. The second-order valence-electron chi connectivity index (χ2n) is 5.16. The fraction of sp³-hybridized carbons (Fsp3) is 0.167. The number of hydrogen-bond acceptors (Lipinski definition) is 5. The van der Waals surface area contributed by atoms with Gasteiger partial charge in [-0.05, 0) is 43.3 Å². The first-order chi connectivity index (χ1) is 12.1. The van der Waals surface area contributed by atoms with E-state index in [0.29, 0.717) is 29.3 Å². The summed E-state index contributed by atoms with van der Waals surface area (Å²) in [5, 5.41) is 17.3. The lowest BCUT2D eigenvalue weighted by Crippen LogP contribution is -2.03. The van der Waals surface area contributed by atoms with Gasteiger partial charge in [-0.15, -0.1) is 5.10 Å². The molecule has 0 bridgehead atoms. The summed E-state index contributed by atoms with van der Waals surface area (Å²) in [6.07, 6.45) is 0. The normalized spacial score (nSPS) is 10.5. The van der Waals surface area contributed by atoms with Crippen LogP contribution in [0.5, 0.6) is 11.5 Å². The second-order valence-corrected chi connectivity index (χ2v) is 5.16. The van der Waals surface area contributed by atoms with Crippen molar-refractivity contribution < 1.29 is 19.4 Å². The monoisotopic (exact) mass is 339 g/mol. The molecule has 0 radical (unpaired) electrons. The van der Waals surface area contributed by atoms with Crippen LogP contribution < -0.4 is 9.47 Å².